The average Bonchev–Trinajstić information content (AvgIpc) is 2.84. The summed E-state index contributed by atoms with van der Waals surface area (Å²) in [7, 11) is -2.57. The molecule has 2 aromatic rings. The van der Waals surface area contributed by atoms with Crippen molar-refractivity contribution in [3.8, 4) is 5.88 Å². The van der Waals surface area contributed by atoms with Crippen LogP contribution < -0.4 is 4.74 Å². The highest BCUT2D eigenvalue weighted by molar-refractivity contribution is 7.90. The van der Waals surface area contributed by atoms with Crippen molar-refractivity contribution < 1.29 is 26.3 Å². The maximum atomic E-state index is 12.6. The molecule has 0 bridgehead atoms. The van der Waals surface area contributed by atoms with Crippen molar-refractivity contribution in [2.24, 2.45) is 0 Å². The molecule has 0 amide bonds. The molecule has 0 spiro atoms. The monoisotopic (exact) mass is 337 g/mol. The zero-order chi connectivity index (χ0) is 15.7. The third-order valence-corrected chi connectivity index (χ3v) is 4.99. The Kier molecular flexibility index (Phi) is 4.24. The van der Waals surface area contributed by atoms with Crippen molar-refractivity contribution in [3.63, 3.8) is 0 Å². The van der Waals surface area contributed by atoms with Crippen LogP contribution in [0.15, 0.2) is 34.5 Å². The lowest BCUT2D eigenvalue weighted by Crippen LogP contribution is -2.09. The fourth-order valence-electron chi connectivity index (χ4n) is 1.66. The molecular formula is C12H10F3NO3S2. The second-order valence-corrected chi connectivity index (χ2v) is 6.75. The van der Waals surface area contributed by atoms with Gasteiger partial charge >= 0.3 is 6.18 Å². The first-order valence-electron chi connectivity index (χ1n) is 5.61. The molecule has 9 heteroatoms. The van der Waals surface area contributed by atoms with Crippen molar-refractivity contribution in [2.75, 3.05) is 7.11 Å². The van der Waals surface area contributed by atoms with Gasteiger partial charge in [-0.2, -0.15) is 17.5 Å². The maximum absolute atomic E-state index is 12.6. The second-order valence-electron chi connectivity index (χ2n) is 4.13. The van der Waals surface area contributed by atoms with Crippen LogP contribution >= 0.6 is 11.5 Å². The molecular weight excluding hydrogens is 327 g/mol. The molecule has 1 aromatic carbocycles. The third kappa shape index (κ3) is 3.53. The van der Waals surface area contributed by atoms with E-state index < -0.39 is 27.3 Å². The van der Waals surface area contributed by atoms with E-state index in [1.165, 1.54) is 12.5 Å². The minimum Gasteiger partial charge on any atom is -0.480 e. The Labute approximate surface area is 123 Å². The summed E-state index contributed by atoms with van der Waals surface area (Å²) in [6.45, 7) is 0. The highest BCUT2D eigenvalue weighted by atomic mass is 32.2. The van der Waals surface area contributed by atoms with Crippen LogP contribution in [0.1, 0.15) is 11.1 Å². The first kappa shape index (κ1) is 15.8. The third-order valence-electron chi connectivity index (χ3n) is 2.66. The molecule has 0 saturated heterocycles. The zero-order valence-electron chi connectivity index (χ0n) is 10.7. The standard InChI is InChI=1S/C12H10F3NO3S2/c1-19-11-8(6-20-16-11)7-21(17,18)10-4-2-3-9(5-10)12(13,14)15/h2-6H,7H2,1H3. The van der Waals surface area contributed by atoms with Gasteiger partial charge in [0.25, 0.3) is 0 Å². The number of alkyl halides is 3. The van der Waals surface area contributed by atoms with Gasteiger partial charge in [0.2, 0.25) is 5.88 Å². The Morgan fingerprint density at radius 1 is 1.33 bits per heavy atom. The Hall–Kier alpha value is -1.61. The first-order chi connectivity index (χ1) is 9.74. The molecule has 0 N–H and O–H groups in total. The van der Waals surface area contributed by atoms with E-state index >= 15 is 0 Å². The number of rotatable bonds is 4. The Bertz CT molecular complexity index is 738. The van der Waals surface area contributed by atoms with Crippen molar-refractivity contribution in [1.29, 1.82) is 0 Å². The van der Waals surface area contributed by atoms with E-state index in [2.05, 4.69) is 4.37 Å². The minimum absolute atomic E-state index is 0.163. The SMILES string of the molecule is COc1nscc1CS(=O)(=O)c1cccc(C(F)(F)F)c1. The summed E-state index contributed by atoms with van der Waals surface area (Å²) >= 11 is 1.01. The molecule has 1 heterocycles. The van der Waals surface area contributed by atoms with Gasteiger partial charge in [-0.1, -0.05) is 6.07 Å². The predicted molar refractivity (Wildman–Crippen MR) is 71.0 cm³/mol. The fraction of sp³-hybridized carbons (Fsp3) is 0.250. The summed E-state index contributed by atoms with van der Waals surface area (Å²) in [6.07, 6.45) is -4.59. The van der Waals surface area contributed by atoms with E-state index in [1.807, 2.05) is 0 Å². The van der Waals surface area contributed by atoms with E-state index in [-0.39, 0.29) is 10.8 Å². The second kappa shape index (κ2) is 5.64. The van der Waals surface area contributed by atoms with E-state index in [1.54, 1.807) is 0 Å². The van der Waals surface area contributed by atoms with Crippen LogP contribution in [-0.2, 0) is 21.8 Å². The average molecular weight is 337 g/mol. The molecule has 21 heavy (non-hydrogen) atoms. The van der Waals surface area contributed by atoms with Crippen LogP contribution in [0.2, 0.25) is 0 Å². The Morgan fingerprint density at radius 3 is 2.67 bits per heavy atom. The number of sulfone groups is 1. The number of halogens is 3. The number of methoxy groups -OCH3 is 1. The van der Waals surface area contributed by atoms with Crippen molar-refractivity contribution in [3.05, 3.63) is 40.8 Å². The number of hydrogen-bond donors (Lipinski definition) is 0. The van der Waals surface area contributed by atoms with Crippen LogP contribution in [0.25, 0.3) is 0 Å². The van der Waals surface area contributed by atoms with Gasteiger partial charge in [0.05, 0.1) is 23.3 Å². The molecule has 0 aliphatic rings. The topological polar surface area (TPSA) is 56.3 Å². The lowest BCUT2D eigenvalue weighted by molar-refractivity contribution is -0.137. The van der Waals surface area contributed by atoms with Crippen LogP contribution in [-0.4, -0.2) is 19.9 Å². The zero-order valence-corrected chi connectivity index (χ0v) is 12.3. The number of hydrogen-bond acceptors (Lipinski definition) is 5. The maximum Gasteiger partial charge on any atom is 0.416 e. The molecule has 2 rings (SSSR count). The quantitative estimate of drug-likeness (QED) is 0.860. The first-order valence-corrected chi connectivity index (χ1v) is 8.10. The number of benzene rings is 1. The van der Waals surface area contributed by atoms with Crippen molar-refractivity contribution >= 4 is 21.4 Å². The van der Waals surface area contributed by atoms with Crippen LogP contribution in [0.3, 0.4) is 0 Å². The molecule has 0 atom stereocenters. The van der Waals surface area contributed by atoms with Gasteiger partial charge < -0.3 is 4.74 Å². The normalized spacial score (nSPS) is 12.4. The summed E-state index contributed by atoms with van der Waals surface area (Å²) in [6, 6.07) is 3.66. The van der Waals surface area contributed by atoms with Gasteiger partial charge in [0, 0.05) is 10.9 Å². The summed E-state index contributed by atoms with van der Waals surface area (Å²) in [5, 5.41) is 1.49. The fourth-order valence-corrected chi connectivity index (χ4v) is 3.80. The molecule has 0 saturated carbocycles. The molecule has 1 aromatic heterocycles. The summed E-state index contributed by atoms with van der Waals surface area (Å²) < 4.78 is 71.0. The van der Waals surface area contributed by atoms with E-state index in [0.717, 1.165) is 29.7 Å². The van der Waals surface area contributed by atoms with Gasteiger partial charge in [0.1, 0.15) is 0 Å². The Morgan fingerprint density at radius 2 is 2.05 bits per heavy atom. The van der Waals surface area contributed by atoms with Crippen molar-refractivity contribution in [2.45, 2.75) is 16.8 Å². The van der Waals surface area contributed by atoms with Crippen LogP contribution in [0.5, 0.6) is 5.88 Å². The summed E-state index contributed by atoms with van der Waals surface area (Å²) in [5.41, 5.74) is -0.682. The summed E-state index contributed by atoms with van der Waals surface area (Å²) in [5.74, 6) is -0.302. The lowest BCUT2D eigenvalue weighted by atomic mass is 10.2. The number of nitrogens with zero attached hydrogens (tertiary/aromatic N) is 1. The molecule has 0 aliphatic carbocycles. The van der Waals surface area contributed by atoms with E-state index in [0.29, 0.717) is 11.6 Å². The van der Waals surface area contributed by atoms with E-state index in [4.69, 9.17) is 4.74 Å². The molecule has 0 radical (unpaired) electrons. The van der Waals surface area contributed by atoms with E-state index in [9.17, 15) is 21.6 Å². The van der Waals surface area contributed by atoms with Gasteiger partial charge in [-0.3, -0.25) is 0 Å². The van der Waals surface area contributed by atoms with Crippen molar-refractivity contribution in [1.82, 2.24) is 4.37 Å². The largest absolute Gasteiger partial charge is 0.480 e. The molecule has 0 unspecified atom stereocenters. The molecule has 114 valence electrons. The minimum atomic E-state index is -4.59. The molecule has 0 fully saturated rings. The smallest absolute Gasteiger partial charge is 0.416 e. The molecule has 0 aliphatic heterocycles. The van der Waals surface area contributed by atoms with Crippen LogP contribution in [0.4, 0.5) is 13.2 Å². The highest BCUT2D eigenvalue weighted by Crippen LogP contribution is 2.31. The lowest BCUT2D eigenvalue weighted by Gasteiger charge is -2.09. The number of aromatic nitrogens is 1. The highest BCUT2D eigenvalue weighted by Gasteiger charge is 2.31. The van der Waals surface area contributed by atoms with Gasteiger partial charge in [0.15, 0.2) is 9.84 Å². The Balaban J connectivity index is 2.36. The van der Waals surface area contributed by atoms with Gasteiger partial charge in [-0.05, 0) is 29.7 Å². The molecule has 4 nitrogen and oxygen atoms in total. The van der Waals surface area contributed by atoms with Crippen LogP contribution in [0, 0.1) is 0 Å². The predicted octanol–water partition coefficient (Wildman–Crippen LogP) is 3.14. The summed E-state index contributed by atoms with van der Waals surface area (Å²) in [4.78, 5) is -0.384. The number of ether oxygens (including phenoxy) is 1. The van der Waals surface area contributed by atoms with Gasteiger partial charge in [-0.15, -0.1) is 0 Å². The van der Waals surface area contributed by atoms with Gasteiger partial charge in [-0.25, -0.2) is 8.42 Å².